The number of aryl methyl sites for hydroxylation is 1. The number of unbranched alkanes of at least 4 members (excludes halogenated alkanes) is 1. The summed E-state index contributed by atoms with van der Waals surface area (Å²) in [4.78, 5) is 14.3. The first-order valence-electron chi connectivity index (χ1n) is 8.04. The highest BCUT2D eigenvalue weighted by molar-refractivity contribution is 5.43. The van der Waals surface area contributed by atoms with Crippen LogP contribution in [0.15, 0.2) is 17.1 Å². The molecule has 0 spiro atoms. The van der Waals surface area contributed by atoms with E-state index in [9.17, 15) is 4.79 Å². The van der Waals surface area contributed by atoms with E-state index in [1.807, 2.05) is 6.20 Å². The molecule has 1 aromatic rings. The van der Waals surface area contributed by atoms with Crippen LogP contribution in [0, 0.1) is 5.41 Å². The molecular formula is C16H28N4O. The van der Waals surface area contributed by atoms with Crippen molar-refractivity contribution in [3.05, 3.63) is 22.6 Å². The van der Waals surface area contributed by atoms with Crippen LogP contribution in [0.25, 0.3) is 0 Å². The van der Waals surface area contributed by atoms with Crippen molar-refractivity contribution in [2.75, 3.05) is 24.5 Å². The second kappa shape index (κ2) is 7.07. The Balaban J connectivity index is 1.85. The van der Waals surface area contributed by atoms with Gasteiger partial charge in [0.05, 0.1) is 11.9 Å². The Hall–Kier alpha value is -1.36. The summed E-state index contributed by atoms with van der Waals surface area (Å²) in [6.45, 7) is 7.85. The van der Waals surface area contributed by atoms with Gasteiger partial charge < -0.3 is 10.6 Å². The van der Waals surface area contributed by atoms with Crippen LogP contribution in [0.1, 0.15) is 46.0 Å². The van der Waals surface area contributed by atoms with Crippen molar-refractivity contribution in [3.63, 3.8) is 0 Å². The number of hydrogen-bond acceptors (Lipinski definition) is 4. The van der Waals surface area contributed by atoms with Gasteiger partial charge >= 0.3 is 0 Å². The second-order valence-corrected chi connectivity index (χ2v) is 6.79. The Morgan fingerprint density at radius 2 is 2.00 bits per heavy atom. The summed E-state index contributed by atoms with van der Waals surface area (Å²) in [5.74, 6) is 0. The van der Waals surface area contributed by atoms with Gasteiger partial charge in [-0.15, -0.1) is 0 Å². The third-order valence-electron chi connectivity index (χ3n) is 4.35. The zero-order chi connectivity index (χ0) is 15.3. The number of hydrogen-bond donors (Lipinski definition) is 1. The topological polar surface area (TPSA) is 64.2 Å². The van der Waals surface area contributed by atoms with Gasteiger partial charge in [0.15, 0.2) is 0 Å². The number of rotatable bonds is 7. The average molecular weight is 292 g/mol. The minimum absolute atomic E-state index is 0.0116. The third kappa shape index (κ3) is 4.56. The SMILES string of the molecule is CC(C)(CN)CCCCn1ncc(N2CCCC2)cc1=O. The summed E-state index contributed by atoms with van der Waals surface area (Å²) >= 11 is 0. The molecule has 0 aromatic carbocycles. The van der Waals surface area contributed by atoms with E-state index in [4.69, 9.17) is 5.73 Å². The summed E-state index contributed by atoms with van der Waals surface area (Å²) < 4.78 is 1.58. The Bertz CT molecular complexity index is 503. The van der Waals surface area contributed by atoms with Crippen LogP contribution in [0.2, 0.25) is 0 Å². The molecule has 0 radical (unpaired) electrons. The van der Waals surface area contributed by atoms with Gasteiger partial charge in [-0.05, 0) is 37.6 Å². The van der Waals surface area contributed by atoms with Crippen molar-refractivity contribution in [2.45, 2.75) is 52.5 Å². The molecule has 0 atom stereocenters. The summed E-state index contributed by atoms with van der Waals surface area (Å²) in [5.41, 5.74) is 6.90. The summed E-state index contributed by atoms with van der Waals surface area (Å²) in [7, 11) is 0. The maximum atomic E-state index is 12.1. The highest BCUT2D eigenvalue weighted by Gasteiger charge is 2.15. The molecule has 1 aliphatic rings. The first-order valence-corrected chi connectivity index (χ1v) is 8.04. The number of anilines is 1. The summed E-state index contributed by atoms with van der Waals surface area (Å²) in [6, 6.07) is 1.72. The van der Waals surface area contributed by atoms with Crippen molar-refractivity contribution in [3.8, 4) is 0 Å². The Labute approximate surface area is 127 Å². The standard InChI is InChI=1S/C16H28N4O/c1-16(2,13-17)7-3-4-10-20-15(21)11-14(12-18-20)19-8-5-6-9-19/h11-12H,3-10,13,17H2,1-2H3. The molecule has 0 saturated carbocycles. The summed E-state index contributed by atoms with van der Waals surface area (Å²) in [6.07, 6.45) is 7.38. The monoisotopic (exact) mass is 292 g/mol. The summed E-state index contributed by atoms with van der Waals surface area (Å²) in [5, 5.41) is 4.31. The fourth-order valence-electron chi connectivity index (χ4n) is 2.71. The number of nitrogens with zero attached hydrogens (tertiary/aromatic N) is 3. The third-order valence-corrected chi connectivity index (χ3v) is 4.35. The van der Waals surface area contributed by atoms with Crippen molar-refractivity contribution in [2.24, 2.45) is 11.1 Å². The Morgan fingerprint density at radius 3 is 2.62 bits per heavy atom. The second-order valence-electron chi connectivity index (χ2n) is 6.79. The van der Waals surface area contributed by atoms with Gasteiger partial charge in [-0.3, -0.25) is 4.79 Å². The van der Waals surface area contributed by atoms with Crippen molar-refractivity contribution < 1.29 is 0 Å². The van der Waals surface area contributed by atoms with E-state index in [2.05, 4.69) is 23.8 Å². The van der Waals surface area contributed by atoms with Crippen LogP contribution in [0.4, 0.5) is 5.69 Å². The van der Waals surface area contributed by atoms with E-state index in [0.29, 0.717) is 13.1 Å². The molecule has 2 rings (SSSR count). The zero-order valence-electron chi connectivity index (χ0n) is 13.3. The number of aromatic nitrogens is 2. The first-order chi connectivity index (χ1) is 10.0. The van der Waals surface area contributed by atoms with E-state index >= 15 is 0 Å². The van der Waals surface area contributed by atoms with Crippen LogP contribution in [0.3, 0.4) is 0 Å². The van der Waals surface area contributed by atoms with Crippen LogP contribution in [-0.2, 0) is 6.54 Å². The molecule has 21 heavy (non-hydrogen) atoms. The minimum atomic E-state index is 0.0116. The quantitative estimate of drug-likeness (QED) is 0.781. The molecule has 1 saturated heterocycles. The van der Waals surface area contributed by atoms with Gasteiger partial charge in [-0.1, -0.05) is 20.3 Å². The molecule has 5 nitrogen and oxygen atoms in total. The molecule has 0 amide bonds. The van der Waals surface area contributed by atoms with Gasteiger partial charge in [0.1, 0.15) is 0 Å². The van der Waals surface area contributed by atoms with Crippen molar-refractivity contribution >= 4 is 5.69 Å². The molecule has 118 valence electrons. The van der Waals surface area contributed by atoms with Crippen LogP contribution in [0.5, 0.6) is 0 Å². The number of nitrogens with two attached hydrogens (primary N) is 1. The van der Waals surface area contributed by atoms with E-state index in [1.54, 1.807) is 10.7 Å². The van der Waals surface area contributed by atoms with Gasteiger partial charge in [-0.25, -0.2) is 4.68 Å². The van der Waals surface area contributed by atoms with Crippen molar-refractivity contribution in [1.82, 2.24) is 9.78 Å². The predicted octanol–water partition coefficient (Wildman–Crippen LogP) is 2.00. The predicted molar refractivity (Wildman–Crippen MR) is 86.6 cm³/mol. The molecule has 5 heteroatoms. The maximum Gasteiger partial charge on any atom is 0.268 e. The minimum Gasteiger partial charge on any atom is -0.370 e. The molecule has 0 aliphatic carbocycles. The molecular weight excluding hydrogens is 264 g/mol. The molecule has 1 fully saturated rings. The molecule has 0 bridgehead atoms. The zero-order valence-corrected chi connectivity index (χ0v) is 13.3. The molecule has 2 N–H and O–H groups in total. The first kappa shape index (κ1) is 16.0. The maximum absolute atomic E-state index is 12.1. The lowest BCUT2D eigenvalue weighted by Crippen LogP contribution is -2.26. The highest BCUT2D eigenvalue weighted by Crippen LogP contribution is 2.21. The Kier molecular flexibility index (Phi) is 5.39. The molecule has 1 aromatic heterocycles. The van der Waals surface area contributed by atoms with E-state index in [0.717, 1.165) is 38.0 Å². The van der Waals surface area contributed by atoms with E-state index in [1.165, 1.54) is 12.8 Å². The normalized spacial score (nSPS) is 15.7. The lowest BCUT2D eigenvalue weighted by Gasteiger charge is -2.22. The lowest BCUT2D eigenvalue weighted by molar-refractivity contribution is 0.326. The lowest BCUT2D eigenvalue weighted by atomic mass is 9.87. The molecule has 2 heterocycles. The highest BCUT2D eigenvalue weighted by atomic mass is 16.1. The molecule has 0 unspecified atom stereocenters. The fourth-order valence-corrected chi connectivity index (χ4v) is 2.71. The van der Waals surface area contributed by atoms with Gasteiger partial charge in [0, 0.05) is 25.7 Å². The van der Waals surface area contributed by atoms with Crippen LogP contribution < -0.4 is 16.2 Å². The smallest absolute Gasteiger partial charge is 0.268 e. The largest absolute Gasteiger partial charge is 0.370 e. The van der Waals surface area contributed by atoms with Crippen LogP contribution >= 0.6 is 0 Å². The van der Waals surface area contributed by atoms with Gasteiger partial charge in [0.2, 0.25) is 0 Å². The van der Waals surface area contributed by atoms with E-state index < -0.39 is 0 Å². The fraction of sp³-hybridized carbons (Fsp3) is 0.750. The average Bonchev–Trinajstić information content (AvgIpc) is 2.99. The van der Waals surface area contributed by atoms with Crippen molar-refractivity contribution in [1.29, 1.82) is 0 Å². The van der Waals surface area contributed by atoms with Gasteiger partial charge in [-0.2, -0.15) is 5.10 Å². The van der Waals surface area contributed by atoms with E-state index in [-0.39, 0.29) is 11.0 Å². The van der Waals surface area contributed by atoms with Crippen LogP contribution in [-0.4, -0.2) is 29.4 Å². The molecule has 1 aliphatic heterocycles. The van der Waals surface area contributed by atoms with Gasteiger partial charge in [0.25, 0.3) is 5.56 Å². The Morgan fingerprint density at radius 1 is 1.29 bits per heavy atom.